The average Bonchev–Trinajstić information content (AvgIpc) is 2.69. The highest BCUT2D eigenvalue weighted by molar-refractivity contribution is 6.02. The van der Waals surface area contributed by atoms with Crippen molar-refractivity contribution in [1.29, 1.82) is 5.41 Å². The summed E-state index contributed by atoms with van der Waals surface area (Å²) in [4.78, 5) is 0. The number of nitrogen functional groups attached to an aromatic ring is 2. The molecule has 3 rings (SSSR count). The van der Waals surface area contributed by atoms with Crippen molar-refractivity contribution in [1.82, 2.24) is 0 Å². The van der Waals surface area contributed by atoms with E-state index in [1.165, 1.54) is 16.7 Å². The Balaban J connectivity index is 2.25. The van der Waals surface area contributed by atoms with Gasteiger partial charge >= 0.3 is 0 Å². The number of hydrogen-bond acceptors (Lipinski definition) is 2. The summed E-state index contributed by atoms with van der Waals surface area (Å²) in [6, 6.07) is 12.1. The van der Waals surface area contributed by atoms with Crippen LogP contribution in [-0.2, 0) is 6.42 Å². The quantitative estimate of drug-likeness (QED) is 0.336. The van der Waals surface area contributed by atoms with Crippen LogP contribution < -0.4 is 11.5 Å². The first-order valence-electron chi connectivity index (χ1n) is 5.52. The van der Waals surface area contributed by atoms with E-state index >= 15 is 0 Å². The van der Waals surface area contributed by atoms with Crippen LogP contribution in [0.25, 0.3) is 11.1 Å². The van der Waals surface area contributed by atoms with Gasteiger partial charge in [0.05, 0.1) is 0 Å². The zero-order valence-electron chi connectivity index (χ0n) is 9.33. The lowest BCUT2D eigenvalue weighted by Crippen LogP contribution is -2.14. The Kier molecular flexibility index (Phi) is 1.95. The van der Waals surface area contributed by atoms with Gasteiger partial charge in [0.1, 0.15) is 5.84 Å². The maximum Gasteiger partial charge on any atom is 0.124 e. The molecule has 84 valence electrons. The first-order valence-corrected chi connectivity index (χ1v) is 5.52. The Morgan fingerprint density at radius 3 is 2.59 bits per heavy atom. The maximum atomic E-state index is 7.50. The number of anilines is 1. The second kappa shape index (κ2) is 3.35. The number of nitrogens with one attached hydrogen (secondary N) is 1. The van der Waals surface area contributed by atoms with Crippen LogP contribution in [0.4, 0.5) is 5.69 Å². The van der Waals surface area contributed by atoms with Gasteiger partial charge in [0.25, 0.3) is 0 Å². The fraction of sp³-hybridized carbons (Fsp3) is 0.0714. The van der Waals surface area contributed by atoms with Gasteiger partial charge in [-0.1, -0.05) is 30.3 Å². The molecule has 2 aromatic carbocycles. The first-order chi connectivity index (χ1) is 8.18. The van der Waals surface area contributed by atoms with E-state index in [2.05, 4.69) is 12.1 Å². The zero-order valence-corrected chi connectivity index (χ0v) is 9.33. The predicted octanol–water partition coefficient (Wildman–Crippen LogP) is 2.12. The molecule has 3 nitrogen and oxygen atoms in total. The summed E-state index contributed by atoms with van der Waals surface area (Å²) in [6.45, 7) is 0. The summed E-state index contributed by atoms with van der Waals surface area (Å²) in [5, 5.41) is 7.50. The topological polar surface area (TPSA) is 75.9 Å². The minimum Gasteiger partial charge on any atom is -0.398 e. The monoisotopic (exact) mass is 223 g/mol. The summed E-state index contributed by atoms with van der Waals surface area (Å²) in [6.07, 6.45) is 0.832. The SMILES string of the molecule is N=C(N)c1ccc2c(c1N)Cc1ccccc1-2. The van der Waals surface area contributed by atoms with Gasteiger partial charge in [-0.05, 0) is 28.3 Å². The smallest absolute Gasteiger partial charge is 0.124 e. The van der Waals surface area contributed by atoms with Gasteiger partial charge in [-0.3, -0.25) is 5.41 Å². The lowest BCUT2D eigenvalue weighted by Gasteiger charge is -2.09. The summed E-state index contributed by atoms with van der Waals surface area (Å²) >= 11 is 0. The van der Waals surface area contributed by atoms with Gasteiger partial charge in [-0.15, -0.1) is 0 Å². The number of hydrogen-bond donors (Lipinski definition) is 3. The summed E-state index contributed by atoms with van der Waals surface area (Å²) < 4.78 is 0. The van der Waals surface area contributed by atoms with Gasteiger partial charge in [-0.2, -0.15) is 0 Å². The van der Waals surface area contributed by atoms with Crippen LogP contribution in [0.1, 0.15) is 16.7 Å². The molecule has 2 aromatic rings. The van der Waals surface area contributed by atoms with Crippen LogP contribution in [0.5, 0.6) is 0 Å². The lowest BCUT2D eigenvalue weighted by atomic mass is 10.0. The van der Waals surface area contributed by atoms with Crippen LogP contribution in [0.2, 0.25) is 0 Å². The summed E-state index contributed by atoms with van der Waals surface area (Å²) in [5.41, 5.74) is 17.7. The molecule has 0 bridgehead atoms. The predicted molar refractivity (Wildman–Crippen MR) is 70.1 cm³/mol. The third kappa shape index (κ3) is 1.32. The van der Waals surface area contributed by atoms with Crippen molar-refractivity contribution < 1.29 is 0 Å². The molecule has 0 fully saturated rings. The van der Waals surface area contributed by atoms with Crippen LogP contribution in [0.15, 0.2) is 36.4 Å². The first kappa shape index (κ1) is 9.90. The Morgan fingerprint density at radius 1 is 1.06 bits per heavy atom. The number of amidine groups is 1. The molecule has 1 aliphatic carbocycles. The van der Waals surface area contributed by atoms with Gasteiger partial charge in [0, 0.05) is 17.7 Å². The molecule has 0 unspecified atom stereocenters. The fourth-order valence-electron chi connectivity index (χ4n) is 2.47. The second-order valence-electron chi connectivity index (χ2n) is 4.30. The zero-order chi connectivity index (χ0) is 12.0. The van der Waals surface area contributed by atoms with Crippen molar-refractivity contribution in [2.45, 2.75) is 6.42 Å². The summed E-state index contributed by atoms with van der Waals surface area (Å²) in [7, 11) is 0. The van der Waals surface area contributed by atoms with Gasteiger partial charge in [0.2, 0.25) is 0 Å². The largest absolute Gasteiger partial charge is 0.398 e. The Bertz CT molecular complexity index is 629. The fourth-order valence-corrected chi connectivity index (χ4v) is 2.47. The van der Waals surface area contributed by atoms with E-state index < -0.39 is 0 Å². The highest BCUT2D eigenvalue weighted by Crippen LogP contribution is 2.40. The minimum atomic E-state index is 0.0289. The molecule has 0 atom stereocenters. The second-order valence-corrected chi connectivity index (χ2v) is 4.30. The van der Waals surface area contributed by atoms with Gasteiger partial charge < -0.3 is 11.5 Å². The van der Waals surface area contributed by atoms with Crippen molar-refractivity contribution in [3.8, 4) is 11.1 Å². The average molecular weight is 223 g/mol. The molecular formula is C14H13N3. The third-order valence-electron chi connectivity index (χ3n) is 3.32. The molecule has 3 heteroatoms. The molecule has 0 amide bonds. The van der Waals surface area contributed by atoms with E-state index in [1.54, 1.807) is 0 Å². The van der Waals surface area contributed by atoms with Crippen molar-refractivity contribution >= 4 is 11.5 Å². The van der Waals surface area contributed by atoms with E-state index in [1.807, 2.05) is 24.3 Å². The van der Waals surface area contributed by atoms with E-state index in [9.17, 15) is 0 Å². The van der Waals surface area contributed by atoms with E-state index in [-0.39, 0.29) is 5.84 Å². The molecule has 1 aliphatic rings. The Hall–Kier alpha value is -2.29. The highest BCUT2D eigenvalue weighted by atomic mass is 14.7. The third-order valence-corrected chi connectivity index (χ3v) is 3.32. The molecular weight excluding hydrogens is 210 g/mol. The molecule has 0 saturated heterocycles. The van der Waals surface area contributed by atoms with Crippen molar-refractivity contribution in [2.75, 3.05) is 5.73 Å². The Morgan fingerprint density at radius 2 is 1.82 bits per heavy atom. The minimum absolute atomic E-state index is 0.0289. The van der Waals surface area contributed by atoms with Gasteiger partial charge in [-0.25, -0.2) is 0 Å². The normalized spacial score (nSPS) is 12.0. The van der Waals surface area contributed by atoms with Crippen LogP contribution in [-0.4, -0.2) is 5.84 Å². The number of rotatable bonds is 1. The van der Waals surface area contributed by atoms with Gasteiger partial charge in [0.15, 0.2) is 0 Å². The highest BCUT2D eigenvalue weighted by Gasteiger charge is 2.21. The van der Waals surface area contributed by atoms with Crippen molar-refractivity contribution in [3.63, 3.8) is 0 Å². The van der Waals surface area contributed by atoms with Crippen LogP contribution >= 0.6 is 0 Å². The maximum absolute atomic E-state index is 7.50. The number of fused-ring (bicyclic) bond motifs is 3. The molecule has 0 aromatic heterocycles. The molecule has 0 radical (unpaired) electrons. The molecule has 0 saturated carbocycles. The lowest BCUT2D eigenvalue weighted by molar-refractivity contribution is 1.26. The molecule has 0 spiro atoms. The number of nitrogens with two attached hydrogens (primary N) is 2. The molecule has 5 N–H and O–H groups in total. The number of benzene rings is 2. The molecule has 17 heavy (non-hydrogen) atoms. The van der Waals surface area contributed by atoms with E-state index in [0.717, 1.165) is 12.0 Å². The van der Waals surface area contributed by atoms with Crippen molar-refractivity contribution in [3.05, 3.63) is 53.1 Å². The molecule has 0 aliphatic heterocycles. The van der Waals surface area contributed by atoms with Crippen LogP contribution in [0.3, 0.4) is 0 Å². The molecule has 0 heterocycles. The standard InChI is InChI=1S/C14H13N3/c15-13-11(14(16)17)6-5-10-9-4-2-1-3-8(9)7-12(10)13/h1-6H,7,15H2,(H3,16,17). The summed E-state index contributed by atoms with van der Waals surface area (Å²) in [5.74, 6) is 0.0289. The van der Waals surface area contributed by atoms with E-state index in [0.29, 0.717) is 11.3 Å². The Labute approximate surface area is 99.6 Å². The van der Waals surface area contributed by atoms with E-state index in [4.69, 9.17) is 16.9 Å². The van der Waals surface area contributed by atoms with Crippen molar-refractivity contribution in [2.24, 2.45) is 5.73 Å². The van der Waals surface area contributed by atoms with Crippen LogP contribution in [0, 0.1) is 5.41 Å².